The van der Waals surface area contributed by atoms with Crippen LogP contribution < -0.4 is 11.1 Å². The zero-order valence-corrected chi connectivity index (χ0v) is 13.4. The van der Waals surface area contributed by atoms with E-state index in [9.17, 15) is 0 Å². The van der Waals surface area contributed by atoms with Crippen molar-refractivity contribution in [3.05, 3.63) is 29.4 Å². The second-order valence-electron chi connectivity index (χ2n) is 6.35. The van der Waals surface area contributed by atoms with Gasteiger partial charge in [-0.2, -0.15) is 0 Å². The molecule has 2 rings (SSSR count). The first-order valence-electron chi connectivity index (χ1n) is 7.17. The van der Waals surface area contributed by atoms with E-state index in [4.69, 9.17) is 15.0 Å². The Morgan fingerprint density at radius 3 is 2.48 bits per heavy atom. The summed E-state index contributed by atoms with van der Waals surface area (Å²) in [5, 5.41) is 3.16. The fraction of sp³-hybridized carbons (Fsp3) is 0.533. The van der Waals surface area contributed by atoms with Crippen LogP contribution in [0.3, 0.4) is 0 Å². The molecule has 1 aliphatic heterocycles. The molecule has 0 bridgehead atoms. The third-order valence-electron chi connectivity index (χ3n) is 4.09. The SMILES string of the molecule is CNCC(=Cc1ccnc(N)c1)B1OC(C)(C)C(C)(C)O1. The average Bonchev–Trinajstić information content (AvgIpc) is 2.58. The van der Waals surface area contributed by atoms with Gasteiger partial charge < -0.3 is 20.4 Å². The van der Waals surface area contributed by atoms with Gasteiger partial charge >= 0.3 is 7.12 Å². The monoisotopic (exact) mass is 289 g/mol. The van der Waals surface area contributed by atoms with Crippen LogP contribution in [0.15, 0.2) is 23.8 Å². The quantitative estimate of drug-likeness (QED) is 0.828. The summed E-state index contributed by atoms with van der Waals surface area (Å²) in [5.41, 5.74) is 7.06. The maximum Gasteiger partial charge on any atom is 0.491 e. The number of nitrogens with two attached hydrogens (primary N) is 1. The van der Waals surface area contributed by atoms with E-state index in [1.165, 1.54) is 0 Å². The number of hydrogen-bond acceptors (Lipinski definition) is 5. The van der Waals surface area contributed by atoms with Gasteiger partial charge in [-0.15, -0.1) is 0 Å². The third-order valence-corrected chi connectivity index (χ3v) is 4.09. The van der Waals surface area contributed by atoms with Crippen molar-refractivity contribution in [2.24, 2.45) is 0 Å². The van der Waals surface area contributed by atoms with E-state index in [1.807, 2.05) is 25.3 Å². The average molecular weight is 289 g/mol. The molecule has 114 valence electrons. The standard InChI is InChI=1S/C15H24BN3O2/c1-14(2)15(3,4)21-16(20-14)12(10-18-5)8-11-6-7-19-13(17)9-11/h6-9,18H,10H2,1-5H3,(H2,17,19). The smallest absolute Gasteiger partial charge is 0.400 e. The second-order valence-corrected chi connectivity index (χ2v) is 6.35. The molecule has 0 aromatic carbocycles. The number of nitrogen functional groups attached to an aromatic ring is 1. The maximum absolute atomic E-state index is 6.10. The summed E-state index contributed by atoms with van der Waals surface area (Å²) in [7, 11) is 1.54. The second kappa shape index (κ2) is 5.79. The summed E-state index contributed by atoms with van der Waals surface area (Å²) < 4.78 is 12.2. The first-order chi connectivity index (χ1) is 9.75. The minimum Gasteiger partial charge on any atom is -0.400 e. The fourth-order valence-corrected chi connectivity index (χ4v) is 2.17. The third kappa shape index (κ3) is 3.45. The highest BCUT2D eigenvalue weighted by molar-refractivity contribution is 6.55. The number of rotatable bonds is 4. The van der Waals surface area contributed by atoms with Gasteiger partial charge in [0, 0.05) is 12.7 Å². The summed E-state index contributed by atoms with van der Waals surface area (Å²) in [5.74, 6) is 0.501. The Morgan fingerprint density at radius 1 is 1.33 bits per heavy atom. The fourth-order valence-electron chi connectivity index (χ4n) is 2.17. The largest absolute Gasteiger partial charge is 0.491 e. The molecular weight excluding hydrogens is 265 g/mol. The summed E-state index contributed by atoms with van der Waals surface area (Å²) in [6, 6.07) is 3.75. The first kappa shape index (κ1) is 16.0. The highest BCUT2D eigenvalue weighted by Gasteiger charge is 2.52. The molecule has 0 saturated carbocycles. The van der Waals surface area contributed by atoms with E-state index in [0.29, 0.717) is 12.4 Å². The molecule has 1 aromatic rings. The Balaban J connectivity index is 2.28. The Hall–Kier alpha value is -1.37. The highest BCUT2D eigenvalue weighted by Crippen LogP contribution is 2.38. The molecule has 1 aliphatic rings. The number of nitrogens with zero attached hydrogens (tertiary/aromatic N) is 1. The van der Waals surface area contributed by atoms with Crippen LogP contribution in [0.5, 0.6) is 0 Å². The van der Waals surface area contributed by atoms with Gasteiger partial charge in [0.25, 0.3) is 0 Å². The van der Waals surface area contributed by atoms with Gasteiger partial charge in [-0.1, -0.05) is 6.08 Å². The Labute approximate surface area is 127 Å². The van der Waals surface area contributed by atoms with Crippen molar-refractivity contribution in [3.8, 4) is 0 Å². The minimum atomic E-state index is -0.364. The van der Waals surface area contributed by atoms with E-state index < -0.39 is 0 Å². The number of hydrogen-bond donors (Lipinski definition) is 2. The number of nitrogens with one attached hydrogen (secondary N) is 1. The van der Waals surface area contributed by atoms with Crippen molar-refractivity contribution in [2.45, 2.75) is 38.9 Å². The minimum absolute atomic E-state index is 0.345. The van der Waals surface area contributed by atoms with Crippen molar-refractivity contribution in [1.82, 2.24) is 10.3 Å². The molecule has 21 heavy (non-hydrogen) atoms. The summed E-state index contributed by atoms with van der Waals surface area (Å²) in [6.07, 6.45) is 3.74. The molecule has 0 unspecified atom stereocenters. The molecule has 3 N–H and O–H groups in total. The van der Waals surface area contributed by atoms with E-state index in [2.05, 4.69) is 38.0 Å². The summed E-state index contributed by atoms with van der Waals surface area (Å²) in [6.45, 7) is 8.88. The molecule has 0 spiro atoms. The van der Waals surface area contributed by atoms with E-state index in [-0.39, 0.29) is 18.3 Å². The summed E-state index contributed by atoms with van der Waals surface area (Å²) >= 11 is 0. The maximum atomic E-state index is 6.10. The van der Waals surface area contributed by atoms with Gasteiger partial charge in [-0.05, 0) is 57.9 Å². The lowest BCUT2D eigenvalue weighted by molar-refractivity contribution is 0.00578. The van der Waals surface area contributed by atoms with Crippen molar-refractivity contribution in [3.63, 3.8) is 0 Å². The highest BCUT2D eigenvalue weighted by atomic mass is 16.7. The van der Waals surface area contributed by atoms with E-state index in [0.717, 1.165) is 11.0 Å². The molecule has 0 amide bonds. The van der Waals surface area contributed by atoms with E-state index in [1.54, 1.807) is 6.20 Å². The molecule has 0 atom stereocenters. The van der Waals surface area contributed by atoms with Crippen molar-refractivity contribution >= 4 is 19.0 Å². The van der Waals surface area contributed by atoms with Crippen LogP contribution in [0.4, 0.5) is 5.82 Å². The van der Waals surface area contributed by atoms with Crippen molar-refractivity contribution in [2.75, 3.05) is 19.3 Å². The Kier molecular flexibility index (Phi) is 4.42. The van der Waals surface area contributed by atoms with Crippen LogP contribution in [0.25, 0.3) is 6.08 Å². The van der Waals surface area contributed by atoms with E-state index >= 15 is 0 Å². The van der Waals surface area contributed by atoms with Gasteiger partial charge in [-0.25, -0.2) is 4.98 Å². The molecule has 5 nitrogen and oxygen atoms in total. The molecular formula is C15H24BN3O2. The van der Waals surface area contributed by atoms with Crippen molar-refractivity contribution < 1.29 is 9.31 Å². The van der Waals surface area contributed by atoms with Crippen LogP contribution in [-0.2, 0) is 9.31 Å². The zero-order chi connectivity index (χ0) is 15.7. The lowest BCUT2D eigenvalue weighted by atomic mass is 9.77. The molecule has 0 radical (unpaired) electrons. The normalized spacial score (nSPS) is 20.8. The molecule has 0 aliphatic carbocycles. The van der Waals surface area contributed by atoms with Crippen LogP contribution in [0.2, 0.25) is 0 Å². The van der Waals surface area contributed by atoms with Gasteiger partial charge in [-0.3, -0.25) is 0 Å². The lowest BCUT2D eigenvalue weighted by Crippen LogP contribution is -2.41. The molecule has 1 saturated heterocycles. The lowest BCUT2D eigenvalue weighted by Gasteiger charge is -2.32. The van der Waals surface area contributed by atoms with Gasteiger partial charge in [0.1, 0.15) is 5.82 Å². The molecule has 2 heterocycles. The molecule has 1 fully saturated rings. The van der Waals surface area contributed by atoms with Gasteiger partial charge in [0.2, 0.25) is 0 Å². The van der Waals surface area contributed by atoms with Gasteiger partial charge in [0.05, 0.1) is 11.2 Å². The van der Waals surface area contributed by atoms with Crippen LogP contribution in [0.1, 0.15) is 33.3 Å². The van der Waals surface area contributed by atoms with Crippen LogP contribution in [-0.4, -0.2) is 36.9 Å². The molecule has 1 aromatic heterocycles. The number of aromatic nitrogens is 1. The Bertz CT molecular complexity index is 527. The zero-order valence-electron chi connectivity index (χ0n) is 13.4. The van der Waals surface area contributed by atoms with Gasteiger partial charge in [0.15, 0.2) is 0 Å². The van der Waals surface area contributed by atoms with Crippen LogP contribution in [0, 0.1) is 0 Å². The topological polar surface area (TPSA) is 69.4 Å². The number of anilines is 1. The van der Waals surface area contributed by atoms with Crippen molar-refractivity contribution in [1.29, 1.82) is 0 Å². The molecule has 6 heteroatoms. The Morgan fingerprint density at radius 2 is 1.95 bits per heavy atom. The predicted molar refractivity (Wildman–Crippen MR) is 86.6 cm³/mol. The van der Waals surface area contributed by atoms with Crippen LogP contribution >= 0.6 is 0 Å². The number of pyridine rings is 1. The number of likely N-dealkylation sites (N-methyl/N-ethyl adjacent to an activating group) is 1. The first-order valence-corrected chi connectivity index (χ1v) is 7.17. The summed E-state index contributed by atoms with van der Waals surface area (Å²) in [4.78, 5) is 4.01. The predicted octanol–water partition coefficient (Wildman–Crippen LogP) is 1.90.